The molecule has 0 aromatic heterocycles. The molecule has 0 spiro atoms. The summed E-state index contributed by atoms with van der Waals surface area (Å²) in [6, 6.07) is 0. The number of carbonyl (C=O) groups is 2. The van der Waals surface area contributed by atoms with Gasteiger partial charge in [-0.2, -0.15) is 0 Å². The van der Waals surface area contributed by atoms with Gasteiger partial charge in [-0.3, -0.25) is 9.59 Å². The van der Waals surface area contributed by atoms with Gasteiger partial charge in [-0.1, -0.05) is 26.7 Å². The van der Waals surface area contributed by atoms with Crippen molar-refractivity contribution in [2.24, 2.45) is 11.8 Å². The fourth-order valence-electron chi connectivity index (χ4n) is 1.87. The van der Waals surface area contributed by atoms with Gasteiger partial charge < -0.3 is 9.47 Å². The molecule has 4 nitrogen and oxygen atoms in total. The molecule has 0 saturated carbocycles. The zero-order chi connectivity index (χ0) is 15.0. The lowest BCUT2D eigenvalue weighted by atomic mass is 9.90. The lowest BCUT2D eigenvalue weighted by molar-refractivity contribution is -0.167. The average molecular weight is 272 g/mol. The van der Waals surface area contributed by atoms with Gasteiger partial charge >= 0.3 is 11.9 Å². The maximum absolute atomic E-state index is 12.0. The molecule has 112 valence electrons. The lowest BCUT2D eigenvalue weighted by Crippen LogP contribution is -2.32. The number of hydrogen-bond acceptors (Lipinski definition) is 4. The zero-order valence-corrected chi connectivity index (χ0v) is 13.1. The Labute approximate surface area is 116 Å². The van der Waals surface area contributed by atoms with Crippen LogP contribution in [0.2, 0.25) is 0 Å². The topological polar surface area (TPSA) is 52.6 Å². The number of rotatable bonds is 8. The summed E-state index contributed by atoms with van der Waals surface area (Å²) >= 11 is 0. The molecule has 0 bridgehead atoms. The van der Waals surface area contributed by atoms with Gasteiger partial charge in [-0.15, -0.1) is 0 Å². The summed E-state index contributed by atoms with van der Waals surface area (Å²) < 4.78 is 10.3. The lowest BCUT2D eigenvalue weighted by Gasteiger charge is -2.21. The van der Waals surface area contributed by atoms with Crippen molar-refractivity contribution in [3.8, 4) is 0 Å². The molecule has 0 heterocycles. The minimum atomic E-state index is -0.797. The first kappa shape index (κ1) is 17.9. The van der Waals surface area contributed by atoms with Crippen LogP contribution in [0.15, 0.2) is 0 Å². The maximum Gasteiger partial charge on any atom is 0.320 e. The highest BCUT2D eigenvalue weighted by Gasteiger charge is 2.32. The Hall–Kier alpha value is -1.06. The van der Waals surface area contributed by atoms with Crippen LogP contribution in [0.4, 0.5) is 0 Å². The third-order valence-electron chi connectivity index (χ3n) is 3.00. The molecule has 0 unspecified atom stereocenters. The number of carbonyl (C=O) groups excluding carboxylic acids is 2. The Bertz CT molecular complexity index is 258. The highest BCUT2D eigenvalue weighted by atomic mass is 16.6. The molecule has 0 fully saturated rings. The molecule has 0 saturated heterocycles. The predicted octanol–water partition coefficient (Wildman–Crippen LogP) is 3.33. The van der Waals surface area contributed by atoms with Crippen LogP contribution in [0.1, 0.15) is 60.8 Å². The summed E-state index contributed by atoms with van der Waals surface area (Å²) in [5, 5.41) is 0. The van der Waals surface area contributed by atoms with E-state index in [9.17, 15) is 9.59 Å². The van der Waals surface area contributed by atoms with Crippen molar-refractivity contribution in [2.75, 3.05) is 0 Å². The molecule has 0 atom stereocenters. The van der Waals surface area contributed by atoms with Gasteiger partial charge in [0.2, 0.25) is 0 Å². The van der Waals surface area contributed by atoms with Crippen molar-refractivity contribution in [3.05, 3.63) is 0 Å². The van der Waals surface area contributed by atoms with Gasteiger partial charge in [0.25, 0.3) is 0 Å². The van der Waals surface area contributed by atoms with E-state index in [-0.39, 0.29) is 12.2 Å². The Morgan fingerprint density at radius 3 is 1.47 bits per heavy atom. The molecule has 0 aromatic carbocycles. The second-order valence-corrected chi connectivity index (χ2v) is 5.44. The van der Waals surface area contributed by atoms with Gasteiger partial charge in [0.1, 0.15) is 0 Å². The van der Waals surface area contributed by atoms with Gasteiger partial charge in [0.05, 0.1) is 12.2 Å². The molecule has 0 aliphatic rings. The van der Waals surface area contributed by atoms with Crippen molar-refractivity contribution >= 4 is 11.9 Å². The average Bonchev–Trinajstić information content (AvgIpc) is 2.28. The summed E-state index contributed by atoms with van der Waals surface area (Å²) in [6.45, 7) is 11.2. The van der Waals surface area contributed by atoms with E-state index in [1.54, 1.807) is 27.7 Å². The largest absolute Gasteiger partial charge is 0.462 e. The first-order valence-electron chi connectivity index (χ1n) is 7.22. The molecular weight excluding hydrogens is 244 g/mol. The highest BCUT2D eigenvalue weighted by molar-refractivity contribution is 5.95. The van der Waals surface area contributed by atoms with E-state index in [0.717, 1.165) is 12.8 Å². The first-order valence-corrected chi connectivity index (χ1v) is 7.22. The second kappa shape index (κ2) is 8.94. The SMILES string of the molecule is CCC(CC)CC(C(=O)OC(C)C)C(=O)OC(C)C. The molecule has 19 heavy (non-hydrogen) atoms. The Kier molecular flexibility index (Phi) is 8.44. The molecular formula is C15H28O4. The molecule has 0 amide bonds. The summed E-state index contributed by atoms with van der Waals surface area (Å²) in [5.41, 5.74) is 0. The van der Waals surface area contributed by atoms with Gasteiger partial charge in [0, 0.05) is 0 Å². The molecule has 0 aliphatic heterocycles. The third kappa shape index (κ3) is 7.19. The molecule has 0 aliphatic carbocycles. The van der Waals surface area contributed by atoms with Crippen molar-refractivity contribution in [3.63, 3.8) is 0 Å². The summed E-state index contributed by atoms with van der Waals surface area (Å²) in [7, 11) is 0. The Morgan fingerprint density at radius 2 is 1.21 bits per heavy atom. The monoisotopic (exact) mass is 272 g/mol. The van der Waals surface area contributed by atoms with Crippen LogP contribution in [0, 0.1) is 11.8 Å². The fraction of sp³-hybridized carbons (Fsp3) is 0.867. The van der Waals surface area contributed by atoms with Crippen LogP contribution in [0.3, 0.4) is 0 Å². The van der Waals surface area contributed by atoms with Gasteiger partial charge in [-0.25, -0.2) is 0 Å². The van der Waals surface area contributed by atoms with E-state index in [4.69, 9.17) is 9.47 Å². The van der Waals surface area contributed by atoms with Crippen LogP contribution in [0.25, 0.3) is 0 Å². The van der Waals surface area contributed by atoms with Crippen molar-refractivity contribution < 1.29 is 19.1 Å². The summed E-state index contributed by atoms with van der Waals surface area (Å²) in [5.74, 6) is -1.39. The van der Waals surface area contributed by atoms with Crippen molar-refractivity contribution in [1.29, 1.82) is 0 Å². The van der Waals surface area contributed by atoms with E-state index in [1.165, 1.54) is 0 Å². The molecule has 0 aromatic rings. The van der Waals surface area contributed by atoms with E-state index in [2.05, 4.69) is 13.8 Å². The molecule has 0 N–H and O–H groups in total. The second-order valence-electron chi connectivity index (χ2n) is 5.44. The highest BCUT2D eigenvalue weighted by Crippen LogP contribution is 2.22. The normalized spacial score (nSPS) is 11.5. The fourth-order valence-corrected chi connectivity index (χ4v) is 1.87. The minimum absolute atomic E-state index is 0.219. The van der Waals surface area contributed by atoms with Gasteiger partial charge in [-0.05, 0) is 40.0 Å². The quantitative estimate of drug-likeness (QED) is 0.502. The zero-order valence-electron chi connectivity index (χ0n) is 13.1. The molecule has 0 rings (SSSR count). The van der Waals surface area contributed by atoms with Crippen LogP contribution in [-0.2, 0) is 19.1 Å². The van der Waals surface area contributed by atoms with Crippen molar-refractivity contribution in [1.82, 2.24) is 0 Å². The Morgan fingerprint density at radius 1 is 0.842 bits per heavy atom. The van der Waals surface area contributed by atoms with Crippen LogP contribution < -0.4 is 0 Å². The van der Waals surface area contributed by atoms with Crippen LogP contribution in [0.5, 0.6) is 0 Å². The van der Waals surface area contributed by atoms with Gasteiger partial charge in [0.15, 0.2) is 5.92 Å². The standard InChI is InChI=1S/C15H28O4/c1-7-12(8-2)9-13(14(16)18-10(3)4)15(17)19-11(5)6/h10-13H,7-9H2,1-6H3. The number of hydrogen-bond donors (Lipinski definition) is 0. The maximum atomic E-state index is 12.0. The van der Waals surface area contributed by atoms with Crippen LogP contribution >= 0.6 is 0 Å². The minimum Gasteiger partial charge on any atom is -0.462 e. The smallest absolute Gasteiger partial charge is 0.320 e. The number of esters is 2. The van der Waals surface area contributed by atoms with E-state index in [1.807, 2.05) is 0 Å². The summed E-state index contributed by atoms with van der Waals surface area (Å²) in [6.07, 6.45) is 1.95. The summed E-state index contributed by atoms with van der Waals surface area (Å²) in [4.78, 5) is 24.0. The predicted molar refractivity (Wildman–Crippen MR) is 74.6 cm³/mol. The van der Waals surface area contributed by atoms with Crippen LogP contribution in [-0.4, -0.2) is 24.1 Å². The molecule has 4 heteroatoms. The molecule has 0 radical (unpaired) electrons. The van der Waals surface area contributed by atoms with E-state index < -0.39 is 17.9 Å². The Balaban J connectivity index is 4.81. The number of ether oxygens (including phenoxy) is 2. The van der Waals surface area contributed by atoms with Crippen molar-refractivity contribution in [2.45, 2.75) is 73.0 Å². The van der Waals surface area contributed by atoms with E-state index >= 15 is 0 Å². The third-order valence-corrected chi connectivity index (χ3v) is 3.00. The first-order chi connectivity index (χ1) is 8.81. The van der Waals surface area contributed by atoms with E-state index in [0.29, 0.717) is 12.3 Å².